The van der Waals surface area contributed by atoms with Crippen LogP contribution in [0.25, 0.3) is 0 Å². The normalized spacial score (nSPS) is 14.1. The quantitative estimate of drug-likeness (QED) is 0.767. The van der Waals surface area contributed by atoms with Gasteiger partial charge >= 0.3 is 5.97 Å². The fraction of sp³-hybridized carbons (Fsp3) is 0.273. The molecule has 1 amide bonds. The summed E-state index contributed by atoms with van der Waals surface area (Å²) in [5.74, 6) is -1.13. The van der Waals surface area contributed by atoms with E-state index in [0.717, 1.165) is 5.56 Å². The molecular formula is C11H11NO4. The van der Waals surface area contributed by atoms with E-state index in [1.54, 1.807) is 6.07 Å². The number of amides is 1. The van der Waals surface area contributed by atoms with E-state index in [0.29, 0.717) is 5.69 Å². The van der Waals surface area contributed by atoms with E-state index in [9.17, 15) is 9.59 Å². The first-order valence-corrected chi connectivity index (χ1v) is 4.91. The fourth-order valence-corrected chi connectivity index (χ4v) is 1.84. The molecule has 84 valence electrons. The van der Waals surface area contributed by atoms with Gasteiger partial charge in [0.25, 0.3) is 0 Å². The third-order valence-corrected chi connectivity index (χ3v) is 2.59. The molecule has 0 saturated heterocycles. The van der Waals surface area contributed by atoms with Gasteiger partial charge in [0.05, 0.1) is 18.6 Å². The molecule has 2 N–H and O–H groups in total. The molecule has 5 heteroatoms. The molecule has 1 aliphatic rings. The second-order valence-corrected chi connectivity index (χ2v) is 3.59. The maximum atomic E-state index is 11.6. The Kier molecular flexibility index (Phi) is 2.62. The molecule has 5 nitrogen and oxygen atoms in total. The van der Waals surface area contributed by atoms with Crippen LogP contribution in [-0.4, -0.2) is 35.2 Å². The molecule has 0 aromatic heterocycles. The van der Waals surface area contributed by atoms with Crippen molar-refractivity contribution in [3.8, 4) is 0 Å². The van der Waals surface area contributed by atoms with Crippen molar-refractivity contribution in [1.29, 1.82) is 0 Å². The smallest absolute Gasteiger partial charge is 0.335 e. The highest BCUT2D eigenvalue weighted by Crippen LogP contribution is 2.29. The van der Waals surface area contributed by atoms with Crippen molar-refractivity contribution in [2.45, 2.75) is 6.42 Å². The molecule has 0 fully saturated rings. The molecule has 2 rings (SSSR count). The Morgan fingerprint density at radius 2 is 2.19 bits per heavy atom. The Morgan fingerprint density at radius 1 is 1.44 bits per heavy atom. The van der Waals surface area contributed by atoms with Crippen LogP contribution in [0.15, 0.2) is 18.2 Å². The number of hydrogen-bond donors (Lipinski definition) is 2. The third kappa shape index (κ3) is 1.65. The van der Waals surface area contributed by atoms with E-state index in [1.807, 2.05) is 0 Å². The summed E-state index contributed by atoms with van der Waals surface area (Å²) in [6, 6.07) is 4.60. The van der Waals surface area contributed by atoms with Crippen LogP contribution in [0.1, 0.15) is 15.9 Å². The standard InChI is InChI=1S/C11H11NO4/c13-4-3-12-9-5-8(11(15)16)2-1-7(9)6-10(12)14/h1-2,5,13H,3-4,6H2,(H,15,16). The Morgan fingerprint density at radius 3 is 2.81 bits per heavy atom. The molecule has 1 aromatic carbocycles. The van der Waals surface area contributed by atoms with Gasteiger partial charge in [0, 0.05) is 12.2 Å². The number of fused-ring (bicyclic) bond motifs is 1. The zero-order valence-electron chi connectivity index (χ0n) is 8.51. The van der Waals surface area contributed by atoms with Crippen molar-refractivity contribution in [3.05, 3.63) is 29.3 Å². The number of β-amino-alcohol motifs (C(OH)–C–C–N with tert-alkyl or cyclic N) is 1. The summed E-state index contributed by atoms with van der Waals surface area (Å²) in [7, 11) is 0. The highest BCUT2D eigenvalue weighted by atomic mass is 16.4. The van der Waals surface area contributed by atoms with E-state index >= 15 is 0 Å². The van der Waals surface area contributed by atoms with E-state index in [4.69, 9.17) is 10.2 Å². The number of benzene rings is 1. The van der Waals surface area contributed by atoms with Gasteiger partial charge in [-0.25, -0.2) is 4.79 Å². The summed E-state index contributed by atoms with van der Waals surface area (Å²) in [5, 5.41) is 17.7. The summed E-state index contributed by atoms with van der Waals surface area (Å²) in [4.78, 5) is 23.8. The van der Waals surface area contributed by atoms with Crippen LogP contribution in [0, 0.1) is 0 Å². The fourth-order valence-electron chi connectivity index (χ4n) is 1.84. The van der Waals surface area contributed by atoms with Crippen molar-refractivity contribution < 1.29 is 19.8 Å². The average molecular weight is 221 g/mol. The predicted molar refractivity (Wildman–Crippen MR) is 56.5 cm³/mol. The predicted octanol–water partition coefficient (Wildman–Crippen LogP) is 0.266. The lowest BCUT2D eigenvalue weighted by atomic mass is 10.1. The summed E-state index contributed by atoms with van der Waals surface area (Å²) < 4.78 is 0. The Hall–Kier alpha value is -1.88. The number of hydrogen-bond acceptors (Lipinski definition) is 3. The summed E-state index contributed by atoms with van der Waals surface area (Å²) in [6.45, 7) is 0.0668. The maximum Gasteiger partial charge on any atom is 0.335 e. The second-order valence-electron chi connectivity index (χ2n) is 3.59. The Bertz CT molecular complexity index is 455. The van der Waals surface area contributed by atoms with Gasteiger partial charge in [0.1, 0.15) is 0 Å². The van der Waals surface area contributed by atoms with E-state index < -0.39 is 5.97 Å². The molecular weight excluding hydrogens is 210 g/mol. The van der Waals surface area contributed by atoms with E-state index in [1.165, 1.54) is 17.0 Å². The lowest BCUT2D eigenvalue weighted by Crippen LogP contribution is -2.29. The molecule has 0 unspecified atom stereocenters. The zero-order chi connectivity index (χ0) is 11.7. The number of carbonyl (C=O) groups excluding carboxylic acids is 1. The van der Waals surface area contributed by atoms with Crippen LogP contribution in [0.4, 0.5) is 5.69 Å². The SMILES string of the molecule is O=C(O)c1ccc2c(c1)N(CCO)C(=O)C2. The Labute approximate surface area is 91.9 Å². The maximum absolute atomic E-state index is 11.6. The molecule has 0 aliphatic carbocycles. The highest BCUT2D eigenvalue weighted by molar-refractivity contribution is 6.03. The van der Waals surface area contributed by atoms with Crippen molar-refractivity contribution in [2.24, 2.45) is 0 Å². The Balaban J connectivity index is 2.41. The lowest BCUT2D eigenvalue weighted by molar-refractivity contribution is -0.117. The van der Waals surface area contributed by atoms with Gasteiger partial charge in [-0.15, -0.1) is 0 Å². The first kappa shape index (κ1) is 10.6. The van der Waals surface area contributed by atoms with Crippen LogP contribution in [0.2, 0.25) is 0 Å². The number of anilines is 1. The number of aliphatic hydroxyl groups is 1. The van der Waals surface area contributed by atoms with Gasteiger partial charge in [0.15, 0.2) is 0 Å². The van der Waals surface area contributed by atoms with Gasteiger partial charge in [0.2, 0.25) is 5.91 Å². The molecule has 1 aliphatic heterocycles. The summed E-state index contributed by atoms with van der Waals surface area (Å²) in [5.41, 5.74) is 1.55. The minimum atomic E-state index is -1.02. The monoisotopic (exact) mass is 221 g/mol. The van der Waals surface area contributed by atoms with Crippen LogP contribution < -0.4 is 4.90 Å². The highest BCUT2D eigenvalue weighted by Gasteiger charge is 2.27. The molecule has 1 aromatic rings. The van der Waals surface area contributed by atoms with Crippen molar-refractivity contribution >= 4 is 17.6 Å². The molecule has 0 spiro atoms. The van der Waals surface area contributed by atoms with Crippen molar-refractivity contribution in [2.75, 3.05) is 18.1 Å². The van der Waals surface area contributed by atoms with Crippen LogP contribution in [-0.2, 0) is 11.2 Å². The molecule has 0 atom stereocenters. The van der Waals surface area contributed by atoms with Gasteiger partial charge < -0.3 is 15.1 Å². The van der Waals surface area contributed by atoms with Gasteiger partial charge in [-0.05, 0) is 17.7 Å². The van der Waals surface area contributed by atoms with Crippen LogP contribution in [0.3, 0.4) is 0 Å². The number of carboxylic acid groups (broad SMARTS) is 1. The zero-order valence-corrected chi connectivity index (χ0v) is 8.51. The van der Waals surface area contributed by atoms with Gasteiger partial charge in [-0.1, -0.05) is 6.07 Å². The molecule has 1 heterocycles. The molecule has 0 radical (unpaired) electrons. The second kappa shape index (κ2) is 3.94. The minimum Gasteiger partial charge on any atom is -0.478 e. The topological polar surface area (TPSA) is 77.8 Å². The summed E-state index contributed by atoms with van der Waals surface area (Å²) in [6.07, 6.45) is 0.273. The van der Waals surface area contributed by atoms with Crippen LogP contribution >= 0.6 is 0 Å². The number of aromatic carboxylic acids is 1. The minimum absolute atomic E-state index is 0.105. The molecule has 0 saturated carbocycles. The number of aliphatic hydroxyl groups excluding tert-OH is 1. The van der Waals surface area contributed by atoms with Crippen molar-refractivity contribution in [1.82, 2.24) is 0 Å². The first-order valence-electron chi connectivity index (χ1n) is 4.91. The lowest BCUT2D eigenvalue weighted by Gasteiger charge is -2.15. The van der Waals surface area contributed by atoms with Gasteiger partial charge in [-0.3, -0.25) is 4.79 Å². The van der Waals surface area contributed by atoms with E-state index in [-0.39, 0.29) is 31.0 Å². The third-order valence-electron chi connectivity index (χ3n) is 2.59. The summed E-state index contributed by atoms with van der Waals surface area (Å²) >= 11 is 0. The number of nitrogens with zero attached hydrogens (tertiary/aromatic N) is 1. The van der Waals surface area contributed by atoms with Crippen molar-refractivity contribution in [3.63, 3.8) is 0 Å². The molecule has 0 bridgehead atoms. The average Bonchev–Trinajstić information content (AvgIpc) is 2.55. The first-order chi connectivity index (χ1) is 7.63. The number of carbonyl (C=O) groups is 2. The number of carboxylic acids is 1. The van der Waals surface area contributed by atoms with Crippen LogP contribution in [0.5, 0.6) is 0 Å². The molecule has 16 heavy (non-hydrogen) atoms. The van der Waals surface area contributed by atoms with E-state index in [2.05, 4.69) is 0 Å². The van der Waals surface area contributed by atoms with Gasteiger partial charge in [-0.2, -0.15) is 0 Å². The number of rotatable bonds is 3. The largest absolute Gasteiger partial charge is 0.478 e.